The smallest absolute Gasteiger partial charge is 0.319 e. The fourth-order valence-corrected chi connectivity index (χ4v) is 2.51. The summed E-state index contributed by atoms with van der Waals surface area (Å²) in [6, 6.07) is 16.2. The summed E-state index contributed by atoms with van der Waals surface area (Å²) in [5, 5.41) is 15.1. The molecule has 0 aliphatic heterocycles. The standard InChI is InChI=1S/C19H19N3O3/c23-13-17(11-14-5-2-1-3-6-14)22-19(24)21-16-8-4-7-15(12-16)18-20-9-10-25-18/h1-10,12,17,23H,11,13H2,(H2,21,22,24)/t17-/m1/s1. The van der Waals surface area contributed by atoms with Gasteiger partial charge < -0.3 is 20.2 Å². The second-order valence-corrected chi connectivity index (χ2v) is 5.59. The molecule has 0 saturated heterocycles. The molecule has 6 nitrogen and oxygen atoms in total. The molecular weight excluding hydrogens is 318 g/mol. The van der Waals surface area contributed by atoms with Crippen LogP contribution in [0.25, 0.3) is 11.5 Å². The van der Waals surface area contributed by atoms with Gasteiger partial charge in [-0.3, -0.25) is 0 Å². The van der Waals surface area contributed by atoms with Crippen LogP contribution < -0.4 is 10.6 Å². The van der Waals surface area contributed by atoms with Gasteiger partial charge in [-0.2, -0.15) is 0 Å². The molecule has 3 aromatic rings. The summed E-state index contributed by atoms with van der Waals surface area (Å²) in [6.45, 7) is -0.140. The van der Waals surface area contributed by atoms with Crippen LogP contribution in [0.2, 0.25) is 0 Å². The Balaban J connectivity index is 1.61. The Labute approximate surface area is 145 Å². The summed E-state index contributed by atoms with van der Waals surface area (Å²) in [5.74, 6) is 0.487. The van der Waals surface area contributed by atoms with Crippen molar-refractivity contribution in [1.82, 2.24) is 10.3 Å². The first-order chi connectivity index (χ1) is 12.2. The molecule has 2 aromatic carbocycles. The molecule has 0 aliphatic carbocycles. The van der Waals surface area contributed by atoms with Crippen LogP contribution in [0.5, 0.6) is 0 Å². The van der Waals surface area contributed by atoms with Crippen molar-refractivity contribution in [2.75, 3.05) is 11.9 Å². The van der Waals surface area contributed by atoms with Crippen molar-refractivity contribution in [2.24, 2.45) is 0 Å². The van der Waals surface area contributed by atoms with E-state index in [1.807, 2.05) is 42.5 Å². The predicted molar refractivity (Wildman–Crippen MR) is 95.1 cm³/mol. The fraction of sp³-hybridized carbons (Fsp3) is 0.158. The molecule has 0 saturated carbocycles. The molecule has 0 fully saturated rings. The second kappa shape index (κ2) is 8.12. The molecule has 0 unspecified atom stereocenters. The average Bonchev–Trinajstić information content (AvgIpc) is 3.17. The van der Waals surface area contributed by atoms with E-state index in [-0.39, 0.29) is 18.7 Å². The zero-order valence-electron chi connectivity index (χ0n) is 13.6. The van der Waals surface area contributed by atoms with Crippen LogP contribution in [0.1, 0.15) is 5.56 Å². The SMILES string of the molecule is O=C(Nc1cccc(-c2ncco2)c1)N[C@@H](CO)Cc1ccccc1. The third-order valence-corrected chi connectivity index (χ3v) is 3.68. The lowest BCUT2D eigenvalue weighted by atomic mass is 10.1. The Hall–Kier alpha value is -3.12. The number of aromatic nitrogens is 1. The van der Waals surface area contributed by atoms with E-state index in [2.05, 4.69) is 15.6 Å². The maximum Gasteiger partial charge on any atom is 0.319 e. The molecule has 25 heavy (non-hydrogen) atoms. The lowest BCUT2D eigenvalue weighted by Crippen LogP contribution is -2.41. The number of nitrogens with zero attached hydrogens (tertiary/aromatic N) is 1. The molecule has 0 spiro atoms. The Morgan fingerprint density at radius 3 is 2.72 bits per heavy atom. The van der Waals surface area contributed by atoms with Crippen LogP contribution in [-0.2, 0) is 6.42 Å². The molecule has 1 aromatic heterocycles. The Morgan fingerprint density at radius 1 is 1.16 bits per heavy atom. The topological polar surface area (TPSA) is 87.4 Å². The summed E-state index contributed by atoms with van der Waals surface area (Å²) < 4.78 is 5.26. The van der Waals surface area contributed by atoms with Crippen LogP contribution in [0.3, 0.4) is 0 Å². The number of aliphatic hydroxyl groups excluding tert-OH is 1. The molecule has 0 aliphatic rings. The number of amides is 2. The van der Waals surface area contributed by atoms with Gasteiger partial charge in [0.15, 0.2) is 0 Å². The van der Waals surface area contributed by atoms with E-state index < -0.39 is 0 Å². The lowest BCUT2D eigenvalue weighted by Gasteiger charge is -2.17. The minimum absolute atomic E-state index is 0.140. The number of anilines is 1. The van der Waals surface area contributed by atoms with E-state index in [1.165, 1.54) is 6.26 Å². The van der Waals surface area contributed by atoms with Crippen molar-refractivity contribution < 1.29 is 14.3 Å². The van der Waals surface area contributed by atoms with Crippen molar-refractivity contribution in [2.45, 2.75) is 12.5 Å². The number of rotatable bonds is 6. The van der Waals surface area contributed by atoms with E-state index in [9.17, 15) is 9.90 Å². The maximum atomic E-state index is 12.2. The number of hydrogen-bond acceptors (Lipinski definition) is 4. The van der Waals surface area contributed by atoms with Gasteiger partial charge in [0.1, 0.15) is 6.26 Å². The van der Waals surface area contributed by atoms with Gasteiger partial charge in [0.05, 0.1) is 18.8 Å². The number of urea groups is 1. The van der Waals surface area contributed by atoms with E-state index >= 15 is 0 Å². The van der Waals surface area contributed by atoms with Crippen LogP contribution in [0.4, 0.5) is 10.5 Å². The van der Waals surface area contributed by atoms with Gasteiger partial charge in [-0.15, -0.1) is 0 Å². The second-order valence-electron chi connectivity index (χ2n) is 5.59. The third kappa shape index (κ3) is 4.68. The number of nitrogens with one attached hydrogen (secondary N) is 2. The van der Waals surface area contributed by atoms with Gasteiger partial charge in [-0.25, -0.2) is 9.78 Å². The van der Waals surface area contributed by atoms with E-state index in [4.69, 9.17) is 4.42 Å². The first-order valence-corrected chi connectivity index (χ1v) is 7.97. The number of benzene rings is 2. The van der Waals surface area contributed by atoms with Gasteiger partial charge in [0, 0.05) is 11.3 Å². The molecular formula is C19H19N3O3. The molecule has 3 rings (SSSR count). The zero-order chi connectivity index (χ0) is 17.5. The van der Waals surface area contributed by atoms with E-state index in [0.717, 1.165) is 11.1 Å². The van der Waals surface area contributed by atoms with Crippen molar-refractivity contribution in [3.05, 3.63) is 72.6 Å². The number of oxazole rings is 1. The first kappa shape index (κ1) is 16.7. The van der Waals surface area contributed by atoms with Crippen LogP contribution in [-0.4, -0.2) is 28.8 Å². The maximum absolute atomic E-state index is 12.2. The number of carbonyl (C=O) groups is 1. The van der Waals surface area contributed by atoms with Gasteiger partial charge in [-0.05, 0) is 30.2 Å². The van der Waals surface area contributed by atoms with Crippen molar-refractivity contribution in [3.63, 3.8) is 0 Å². The van der Waals surface area contributed by atoms with Crippen LogP contribution in [0.15, 0.2) is 71.5 Å². The molecule has 0 bridgehead atoms. The summed E-state index contributed by atoms with van der Waals surface area (Å²) in [7, 11) is 0. The number of aliphatic hydroxyl groups is 1. The quantitative estimate of drug-likeness (QED) is 0.645. The highest BCUT2D eigenvalue weighted by Gasteiger charge is 2.12. The largest absolute Gasteiger partial charge is 0.445 e. The fourth-order valence-electron chi connectivity index (χ4n) is 2.51. The molecule has 0 radical (unpaired) electrons. The molecule has 1 atom stereocenters. The molecule has 3 N–H and O–H groups in total. The number of carbonyl (C=O) groups excluding carboxylic acids is 1. The molecule has 6 heteroatoms. The first-order valence-electron chi connectivity index (χ1n) is 7.97. The summed E-state index contributed by atoms with van der Waals surface area (Å²) in [6.07, 6.45) is 3.62. The molecule has 2 amide bonds. The summed E-state index contributed by atoms with van der Waals surface area (Å²) in [4.78, 5) is 16.3. The highest BCUT2D eigenvalue weighted by Crippen LogP contribution is 2.20. The van der Waals surface area contributed by atoms with Crippen molar-refractivity contribution >= 4 is 11.7 Å². The van der Waals surface area contributed by atoms with Gasteiger partial charge in [0.2, 0.25) is 5.89 Å². The average molecular weight is 337 g/mol. The normalized spacial score (nSPS) is 11.7. The van der Waals surface area contributed by atoms with Gasteiger partial charge in [0.25, 0.3) is 0 Å². The van der Waals surface area contributed by atoms with E-state index in [1.54, 1.807) is 18.3 Å². The Kier molecular flexibility index (Phi) is 5.43. The highest BCUT2D eigenvalue weighted by molar-refractivity contribution is 5.90. The summed E-state index contributed by atoms with van der Waals surface area (Å²) >= 11 is 0. The van der Waals surface area contributed by atoms with Crippen LogP contribution in [0, 0.1) is 0 Å². The van der Waals surface area contributed by atoms with Crippen molar-refractivity contribution in [1.29, 1.82) is 0 Å². The Bertz CT molecular complexity index is 804. The number of hydrogen-bond donors (Lipinski definition) is 3. The van der Waals surface area contributed by atoms with Crippen LogP contribution >= 0.6 is 0 Å². The van der Waals surface area contributed by atoms with Gasteiger partial charge in [-0.1, -0.05) is 36.4 Å². The Morgan fingerprint density at radius 2 is 2.00 bits per heavy atom. The lowest BCUT2D eigenvalue weighted by molar-refractivity contribution is 0.224. The monoisotopic (exact) mass is 337 g/mol. The minimum atomic E-state index is -0.375. The van der Waals surface area contributed by atoms with E-state index in [0.29, 0.717) is 18.0 Å². The zero-order valence-corrected chi connectivity index (χ0v) is 13.6. The molecule has 128 valence electrons. The van der Waals surface area contributed by atoms with Crippen molar-refractivity contribution in [3.8, 4) is 11.5 Å². The molecule has 1 heterocycles. The minimum Gasteiger partial charge on any atom is -0.445 e. The third-order valence-electron chi connectivity index (χ3n) is 3.68. The predicted octanol–water partition coefficient (Wildman–Crippen LogP) is 3.07. The highest BCUT2D eigenvalue weighted by atomic mass is 16.3. The van der Waals surface area contributed by atoms with Gasteiger partial charge >= 0.3 is 6.03 Å². The summed E-state index contributed by atoms with van der Waals surface area (Å²) in [5.41, 5.74) is 2.43.